The predicted molar refractivity (Wildman–Crippen MR) is 203 cm³/mol. The van der Waals surface area contributed by atoms with Gasteiger partial charge in [0, 0.05) is 38.1 Å². The molecule has 0 aromatic heterocycles. The van der Waals surface area contributed by atoms with Gasteiger partial charge in [-0.05, 0) is 134 Å². The summed E-state index contributed by atoms with van der Waals surface area (Å²) < 4.78 is 24.1. The van der Waals surface area contributed by atoms with Gasteiger partial charge in [0.15, 0.2) is 9.84 Å². The maximum Gasteiger partial charge on any atom is 0.243 e. The molecule has 7 nitrogen and oxygen atoms in total. The van der Waals surface area contributed by atoms with Crippen molar-refractivity contribution in [2.75, 3.05) is 37.7 Å². The molecule has 8 heteroatoms. The van der Waals surface area contributed by atoms with Crippen molar-refractivity contribution in [2.45, 2.75) is 138 Å². The molecule has 3 N–H and O–H groups in total. The van der Waals surface area contributed by atoms with Crippen LogP contribution in [0.3, 0.4) is 0 Å². The number of nitrogens with zero attached hydrogens (tertiary/aromatic N) is 1. The third-order valence-electron chi connectivity index (χ3n) is 17.0. The highest BCUT2D eigenvalue weighted by Crippen LogP contribution is 2.76. The zero-order chi connectivity index (χ0) is 36.5. The first-order chi connectivity index (χ1) is 23.2. The fraction of sp³-hybridized carbons (Fsp3) is 0.881. The maximum atomic E-state index is 12.0. The lowest BCUT2D eigenvalue weighted by atomic mass is 9.33. The van der Waals surface area contributed by atoms with Gasteiger partial charge in [0.1, 0.15) is 0 Å². The monoisotopic (exact) mass is 714 g/mol. The Hall–Kier alpha value is -1.22. The molecule has 0 radical (unpaired) electrons. The number of hydrogen-bond donors (Lipinski definition) is 3. The van der Waals surface area contributed by atoms with E-state index in [0.717, 1.165) is 32.4 Å². The van der Waals surface area contributed by atoms with E-state index in [9.17, 15) is 13.2 Å². The summed E-state index contributed by atoms with van der Waals surface area (Å²) in [5.74, 6) is 3.55. The molecular weight excluding hydrogens is 643 g/mol. The molecule has 1 heterocycles. The number of rotatable bonds is 10. The van der Waals surface area contributed by atoms with Crippen LogP contribution in [-0.4, -0.2) is 67.7 Å². The normalized spacial score (nSPS) is 42.3. The van der Waals surface area contributed by atoms with Crippen LogP contribution in [-0.2, 0) is 14.6 Å². The van der Waals surface area contributed by atoms with Crippen LogP contribution in [0.15, 0.2) is 23.8 Å². The SMILES string of the molecule is C=C(C)[C@@H]1CC[C@]2(NCCN3CCS(=O)(=O)CC3)CC[C@]3(C)[C@H](CC[C@@H]4[C@@]5(C)CC=C(CCC(C)(C)CC(=O)NO)C(C)(C)[C@@H]5CC[C@]43C)[C@@H]12. The maximum absolute atomic E-state index is 12.0. The van der Waals surface area contributed by atoms with E-state index in [1.165, 1.54) is 56.9 Å². The molecule has 1 amide bonds. The number of carbonyl (C=O) groups is 1. The van der Waals surface area contributed by atoms with Gasteiger partial charge in [-0.1, -0.05) is 72.3 Å². The molecule has 4 saturated carbocycles. The number of sulfone groups is 1. The average Bonchev–Trinajstić information content (AvgIpc) is 3.41. The summed E-state index contributed by atoms with van der Waals surface area (Å²) in [5, 5.41) is 13.3. The smallest absolute Gasteiger partial charge is 0.243 e. The first kappa shape index (κ1) is 38.5. The Labute approximate surface area is 305 Å². The lowest BCUT2D eigenvalue weighted by Gasteiger charge is -2.72. The second-order valence-electron chi connectivity index (χ2n) is 20.3. The standard InChI is InChI=1S/C42H71N3O4S/c1-29(2)31-14-19-42(43-22-23-45-24-26-50(48,49)27-25-45)21-20-40(8)32(36(31)42)10-11-34-39(7)17-13-30(12-16-37(3,4)28-35(46)44-47)38(5,6)33(39)15-18-41(34,40)9/h13,31-34,36,43,47H,1,10-12,14-28H2,2-9H3,(H,44,46)/t31-,32+,33-,34+,36+,39-,40+,41+,42-/m0/s1. The van der Waals surface area contributed by atoms with Gasteiger partial charge < -0.3 is 10.2 Å². The highest BCUT2D eigenvalue weighted by atomic mass is 32.2. The Morgan fingerprint density at radius 2 is 1.68 bits per heavy atom. The lowest BCUT2D eigenvalue weighted by molar-refractivity contribution is -0.221. The first-order valence-electron chi connectivity index (χ1n) is 20.2. The number of fused-ring (bicyclic) bond motifs is 7. The van der Waals surface area contributed by atoms with Gasteiger partial charge in [0.05, 0.1) is 11.5 Å². The second kappa shape index (κ2) is 13.3. The van der Waals surface area contributed by atoms with Crippen molar-refractivity contribution >= 4 is 15.7 Å². The van der Waals surface area contributed by atoms with Gasteiger partial charge in [-0.2, -0.15) is 0 Å². The van der Waals surface area contributed by atoms with Crippen LogP contribution in [0, 0.1) is 56.7 Å². The van der Waals surface area contributed by atoms with E-state index >= 15 is 0 Å². The van der Waals surface area contributed by atoms with Gasteiger partial charge in [-0.3, -0.25) is 10.0 Å². The highest BCUT2D eigenvalue weighted by molar-refractivity contribution is 7.91. The number of nitrogens with one attached hydrogen (secondary N) is 2. The largest absolute Gasteiger partial charge is 0.310 e. The van der Waals surface area contributed by atoms with Crippen molar-refractivity contribution in [1.29, 1.82) is 0 Å². The summed E-state index contributed by atoms with van der Waals surface area (Å²) in [5.41, 5.74) is 5.79. The fourth-order valence-corrected chi connectivity index (χ4v) is 15.3. The number of hydroxylamine groups is 1. The van der Waals surface area contributed by atoms with Gasteiger partial charge in [0.2, 0.25) is 5.91 Å². The van der Waals surface area contributed by atoms with Gasteiger partial charge in [-0.25, -0.2) is 13.9 Å². The van der Waals surface area contributed by atoms with E-state index in [1.54, 1.807) is 5.57 Å². The number of carbonyl (C=O) groups excluding carboxylic acids is 1. The molecule has 6 aliphatic rings. The van der Waals surface area contributed by atoms with E-state index in [2.05, 4.69) is 78.3 Å². The summed E-state index contributed by atoms with van der Waals surface area (Å²) in [7, 11) is -2.86. The molecule has 5 fully saturated rings. The quantitative estimate of drug-likeness (QED) is 0.121. The molecular formula is C42H71N3O4S. The highest BCUT2D eigenvalue weighted by Gasteiger charge is 2.70. The molecule has 9 atom stereocenters. The topological polar surface area (TPSA) is 98.7 Å². The average molecular weight is 714 g/mol. The minimum Gasteiger partial charge on any atom is -0.310 e. The summed E-state index contributed by atoms with van der Waals surface area (Å²) in [6, 6.07) is 0. The Morgan fingerprint density at radius 3 is 2.34 bits per heavy atom. The zero-order valence-electron chi connectivity index (χ0n) is 32.9. The predicted octanol–water partition coefficient (Wildman–Crippen LogP) is 7.95. The van der Waals surface area contributed by atoms with E-state index < -0.39 is 9.84 Å². The van der Waals surface area contributed by atoms with E-state index in [-0.39, 0.29) is 27.7 Å². The molecule has 6 rings (SSSR count). The Bertz CT molecular complexity index is 1460. The molecule has 5 aliphatic carbocycles. The molecule has 50 heavy (non-hydrogen) atoms. The molecule has 284 valence electrons. The third-order valence-corrected chi connectivity index (χ3v) is 18.6. The number of allylic oxidation sites excluding steroid dienone is 3. The van der Waals surface area contributed by atoms with Crippen LogP contribution in [0.4, 0.5) is 0 Å². The fourth-order valence-electron chi connectivity index (χ4n) is 14.0. The van der Waals surface area contributed by atoms with Gasteiger partial charge >= 0.3 is 0 Å². The van der Waals surface area contributed by atoms with Crippen LogP contribution in [0.2, 0.25) is 0 Å². The minimum absolute atomic E-state index is 0.127. The minimum atomic E-state index is -2.86. The number of hydrogen-bond acceptors (Lipinski definition) is 6. The number of amides is 1. The summed E-state index contributed by atoms with van der Waals surface area (Å²) in [4.78, 5) is 14.3. The molecule has 0 aromatic rings. The van der Waals surface area contributed by atoms with Crippen molar-refractivity contribution in [2.24, 2.45) is 56.7 Å². The molecule has 0 bridgehead atoms. The third kappa shape index (κ3) is 6.40. The van der Waals surface area contributed by atoms with Crippen molar-refractivity contribution in [3.63, 3.8) is 0 Å². The second-order valence-corrected chi connectivity index (χ2v) is 22.6. The zero-order valence-corrected chi connectivity index (χ0v) is 33.7. The summed E-state index contributed by atoms with van der Waals surface area (Å²) >= 11 is 0. The molecule has 0 unspecified atom stereocenters. The lowest BCUT2D eigenvalue weighted by Crippen LogP contribution is -2.68. The van der Waals surface area contributed by atoms with Gasteiger partial charge in [0.25, 0.3) is 0 Å². The van der Waals surface area contributed by atoms with Gasteiger partial charge in [-0.15, -0.1) is 0 Å². The van der Waals surface area contributed by atoms with Crippen LogP contribution in [0.5, 0.6) is 0 Å². The Morgan fingerprint density at radius 1 is 0.980 bits per heavy atom. The Balaban J connectivity index is 1.21. The van der Waals surface area contributed by atoms with Crippen LogP contribution in [0.1, 0.15) is 132 Å². The van der Waals surface area contributed by atoms with Crippen LogP contribution < -0.4 is 10.8 Å². The molecule has 1 saturated heterocycles. The van der Waals surface area contributed by atoms with Crippen molar-refractivity contribution in [3.05, 3.63) is 23.8 Å². The van der Waals surface area contributed by atoms with Crippen molar-refractivity contribution < 1.29 is 18.4 Å². The summed E-state index contributed by atoms with van der Waals surface area (Å²) in [6.07, 6.45) is 16.3. The van der Waals surface area contributed by atoms with Crippen LogP contribution >= 0.6 is 0 Å². The summed E-state index contributed by atoms with van der Waals surface area (Å²) in [6.45, 7) is 27.5. The van der Waals surface area contributed by atoms with E-state index in [4.69, 9.17) is 5.21 Å². The van der Waals surface area contributed by atoms with E-state index in [1.807, 2.05) is 5.48 Å². The van der Waals surface area contributed by atoms with Crippen LogP contribution in [0.25, 0.3) is 0 Å². The molecule has 1 aliphatic heterocycles. The van der Waals surface area contributed by atoms with Crippen molar-refractivity contribution in [3.8, 4) is 0 Å². The molecule has 0 aromatic carbocycles. The first-order valence-corrected chi connectivity index (χ1v) is 22.0. The Kier molecular flexibility index (Phi) is 10.2. The molecule has 0 spiro atoms. The van der Waals surface area contributed by atoms with E-state index in [0.29, 0.717) is 71.4 Å². The van der Waals surface area contributed by atoms with Crippen molar-refractivity contribution in [1.82, 2.24) is 15.7 Å².